The molecule has 7 nitrogen and oxygen atoms in total. The lowest BCUT2D eigenvalue weighted by Gasteiger charge is -2.10. The number of carboxylic acid groups (broad SMARTS) is 2. The van der Waals surface area contributed by atoms with Gasteiger partial charge in [-0.2, -0.15) is 0 Å². The molecule has 1 aromatic heterocycles. The second kappa shape index (κ2) is 5.72. The molecule has 0 atom stereocenters. The monoisotopic (exact) mass is 309 g/mol. The molecule has 3 rings (SSSR count). The maximum absolute atomic E-state index is 11.4. The van der Waals surface area contributed by atoms with Crippen LogP contribution < -0.4 is 5.32 Å². The van der Waals surface area contributed by atoms with Gasteiger partial charge in [0.05, 0.1) is 22.0 Å². The van der Waals surface area contributed by atoms with Crippen LogP contribution in [0.2, 0.25) is 0 Å². The van der Waals surface area contributed by atoms with Gasteiger partial charge >= 0.3 is 11.9 Å². The van der Waals surface area contributed by atoms with Crippen molar-refractivity contribution in [3.63, 3.8) is 0 Å². The first-order valence-electron chi connectivity index (χ1n) is 6.63. The Bertz CT molecular complexity index is 919. The average Bonchev–Trinajstić information content (AvgIpc) is 2.54. The van der Waals surface area contributed by atoms with Crippen molar-refractivity contribution in [3.05, 3.63) is 59.9 Å². The summed E-state index contributed by atoms with van der Waals surface area (Å²) in [5, 5.41) is 21.7. The lowest BCUT2D eigenvalue weighted by atomic mass is 10.1. The number of nitrogens with one attached hydrogen (secondary N) is 1. The Balaban J connectivity index is 2.12. The summed E-state index contributed by atoms with van der Waals surface area (Å²) in [5.74, 6) is -1.84. The van der Waals surface area contributed by atoms with Crippen LogP contribution in [0.15, 0.2) is 48.8 Å². The Morgan fingerprint density at radius 3 is 2.48 bits per heavy atom. The molecule has 1 heterocycles. The first-order chi connectivity index (χ1) is 11.1. The maximum Gasteiger partial charge on any atom is 0.336 e. The number of carboxylic acids is 2. The molecule has 0 aliphatic carbocycles. The number of benzene rings is 2. The highest BCUT2D eigenvalue weighted by molar-refractivity contribution is 6.07. The molecule has 0 amide bonds. The Kier molecular flexibility index (Phi) is 3.60. The van der Waals surface area contributed by atoms with E-state index in [1.807, 2.05) is 0 Å². The normalized spacial score (nSPS) is 10.4. The van der Waals surface area contributed by atoms with Gasteiger partial charge in [-0.25, -0.2) is 19.6 Å². The van der Waals surface area contributed by atoms with Crippen LogP contribution in [0, 0.1) is 0 Å². The number of aromatic carboxylic acids is 2. The fourth-order valence-electron chi connectivity index (χ4n) is 2.25. The number of hydrogen-bond donors (Lipinski definition) is 3. The molecule has 0 bridgehead atoms. The predicted octanol–water partition coefficient (Wildman–Crippen LogP) is 2.77. The van der Waals surface area contributed by atoms with Gasteiger partial charge in [0.1, 0.15) is 12.1 Å². The van der Waals surface area contributed by atoms with E-state index in [2.05, 4.69) is 15.3 Å². The van der Waals surface area contributed by atoms with E-state index in [1.54, 1.807) is 24.3 Å². The largest absolute Gasteiger partial charge is 0.478 e. The van der Waals surface area contributed by atoms with Gasteiger partial charge in [-0.1, -0.05) is 12.1 Å². The Hall–Kier alpha value is -3.48. The molecule has 7 heteroatoms. The van der Waals surface area contributed by atoms with Crippen molar-refractivity contribution in [1.29, 1.82) is 0 Å². The summed E-state index contributed by atoms with van der Waals surface area (Å²) < 4.78 is 0. The number of anilines is 2. The molecule has 0 aliphatic rings. The summed E-state index contributed by atoms with van der Waals surface area (Å²) in [6, 6.07) is 10.9. The van der Waals surface area contributed by atoms with Gasteiger partial charge in [-0.15, -0.1) is 0 Å². The fraction of sp³-hybridized carbons (Fsp3) is 0. The third kappa shape index (κ3) is 2.80. The molecular weight excluding hydrogens is 298 g/mol. The molecule has 114 valence electrons. The number of nitrogens with zero attached hydrogens (tertiary/aromatic N) is 2. The average molecular weight is 309 g/mol. The Morgan fingerprint density at radius 2 is 1.74 bits per heavy atom. The van der Waals surface area contributed by atoms with Crippen LogP contribution >= 0.6 is 0 Å². The van der Waals surface area contributed by atoms with Gasteiger partial charge in [-0.05, 0) is 30.3 Å². The van der Waals surface area contributed by atoms with E-state index >= 15 is 0 Å². The van der Waals surface area contributed by atoms with Crippen molar-refractivity contribution in [2.75, 3.05) is 5.32 Å². The van der Waals surface area contributed by atoms with Crippen molar-refractivity contribution in [2.24, 2.45) is 0 Å². The molecule has 0 radical (unpaired) electrons. The van der Waals surface area contributed by atoms with Gasteiger partial charge in [0.2, 0.25) is 0 Å². The van der Waals surface area contributed by atoms with E-state index in [4.69, 9.17) is 5.11 Å². The van der Waals surface area contributed by atoms with Crippen molar-refractivity contribution in [2.45, 2.75) is 0 Å². The SMILES string of the molecule is O=C(O)c1cccc(Nc2ncnc3cccc(C(=O)O)c23)c1. The second-order valence-corrected chi connectivity index (χ2v) is 4.74. The summed E-state index contributed by atoms with van der Waals surface area (Å²) in [6.45, 7) is 0. The second-order valence-electron chi connectivity index (χ2n) is 4.74. The Labute approximate surface area is 130 Å². The van der Waals surface area contributed by atoms with Crippen LogP contribution in [-0.4, -0.2) is 32.1 Å². The Morgan fingerprint density at radius 1 is 0.957 bits per heavy atom. The molecule has 0 aliphatic heterocycles. The molecule has 0 unspecified atom stereocenters. The first kappa shape index (κ1) is 14.5. The molecule has 0 saturated carbocycles. The number of carbonyl (C=O) groups is 2. The number of fused-ring (bicyclic) bond motifs is 1. The maximum atomic E-state index is 11.4. The summed E-state index contributed by atoms with van der Waals surface area (Å²) in [6.07, 6.45) is 1.32. The van der Waals surface area contributed by atoms with E-state index in [0.29, 0.717) is 22.4 Å². The van der Waals surface area contributed by atoms with E-state index < -0.39 is 11.9 Å². The first-order valence-corrected chi connectivity index (χ1v) is 6.63. The highest BCUT2D eigenvalue weighted by Crippen LogP contribution is 2.26. The highest BCUT2D eigenvalue weighted by atomic mass is 16.4. The van der Waals surface area contributed by atoms with Crippen LogP contribution in [-0.2, 0) is 0 Å². The van der Waals surface area contributed by atoms with Gasteiger partial charge in [0.25, 0.3) is 0 Å². The summed E-state index contributed by atoms with van der Waals surface area (Å²) in [7, 11) is 0. The predicted molar refractivity (Wildman–Crippen MR) is 83.2 cm³/mol. The standard InChI is InChI=1S/C16H11N3O4/c20-15(21)9-3-1-4-10(7-9)19-14-13-11(16(22)23)5-2-6-12(13)17-8-18-14/h1-8H,(H,20,21)(H,22,23)(H,17,18,19). The van der Waals surface area contributed by atoms with Gasteiger partial charge in [-0.3, -0.25) is 0 Å². The van der Waals surface area contributed by atoms with Crippen molar-refractivity contribution in [1.82, 2.24) is 9.97 Å². The van der Waals surface area contributed by atoms with E-state index in [-0.39, 0.29) is 11.1 Å². The fourth-order valence-corrected chi connectivity index (χ4v) is 2.25. The summed E-state index contributed by atoms with van der Waals surface area (Å²) in [5.41, 5.74) is 1.16. The van der Waals surface area contributed by atoms with Crippen molar-refractivity contribution in [3.8, 4) is 0 Å². The summed E-state index contributed by atoms with van der Waals surface area (Å²) >= 11 is 0. The topological polar surface area (TPSA) is 112 Å². The number of aromatic nitrogens is 2. The molecule has 0 saturated heterocycles. The zero-order valence-corrected chi connectivity index (χ0v) is 11.7. The lowest BCUT2D eigenvalue weighted by Crippen LogP contribution is -2.03. The van der Waals surface area contributed by atoms with E-state index in [0.717, 1.165) is 0 Å². The molecular formula is C16H11N3O4. The number of rotatable bonds is 4. The zero-order chi connectivity index (χ0) is 16.4. The molecule has 23 heavy (non-hydrogen) atoms. The smallest absolute Gasteiger partial charge is 0.336 e. The third-order valence-corrected chi connectivity index (χ3v) is 3.27. The minimum atomic E-state index is -1.09. The van der Waals surface area contributed by atoms with Crippen LogP contribution in [0.4, 0.5) is 11.5 Å². The third-order valence-electron chi connectivity index (χ3n) is 3.27. The molecule has 2 aromatic carbocycles. The van der Waals surface area contributed by atoms with Gasteiger partial charge in [0, 0.05) is 5.69 Å². The van der Waals surface area contributed by atoms with Crippen LogP contribution in [0.3, 0.4) is 0 Å². The van der Waals surface area contributed by atoms with Crippen molar-refractivity contribution < 1.29 is 19.8 Å². The van der Waals surface area contributed by atoms with Crippen LogP contribution in [0.1, 0.15) is 20.7 Å². The zero-order valence-electron chi connectivity index (χ0n) is 11.7. The minimum absolute atomic E-state index is 0.0694. The van der Waals surface area contributed by atoms with Crippen molar-refractivity contribution >= 4 is 34.3 Å². The molecule has 0 fully saturated rings. The van der Waals surface area contributed by atoms with Crippen LogP contribution in [0.25, 0.3) is 10.9 Å². The molecule has 0 spiro atoms. The highest BCUT2D eigenvalue weighted by Gasteiger charge is 2.14. The lowest BCUT2D eigenvalue weighted by molar-refractivity contribution is 0.0687. The van der Waals surface area contributed by atoms with Crippen LogP contribution in [0.5, 0.6) is 0 Å². The van der Waals surface area contributed by atoms with Gasteiger partial charge < -0.3 is 15.5 Å². The molecule has 3 aromatic rings. The van der Waals surface area contributed by atoms with Gasteiger partial charge in [0.15, 0.2) is 0 Å². The molecule has 3 N–H and O–H groups in total. The quantitative estimate of drug-likeness (QED) is 0.679. The van der Waals surface area contributed by atoms with E-state index in [1.165, 1.54) is 24.5 Å². The minimum Gasteiger partial charge on any atom is -0.478 e. The number of hydrogen-bond acceptors (Lipinski definition) is 5. The van der Waals surface area contributed by atoms with E-state index in [9.17, 15) is 14.7 Å². The summed E-state index contributed by atoms with van der Waals surface area (Å²) in [4.78, 5) is 30.6.